The topological polar surface area (TPSA) is 30.7 Å². The van der Waals surface area contributed by atoms with Gasteiger partial charge in [-0.25, -0.2) is 9.97 Å². The number of fused-ring (bicyclic) bond motifs is 9. The fourth-order valence-electron chi connectivity index (χ4n) is 10.2. The predicted molar refractivity (Wildman–Crippen MR) is 245 cm³/mol. The van der Waals surface area contributed by atoms with Crippen molar-refractivity contribution in [2.75, 3.05) is 0 Å². The number of rotatable bonds is 5. The highest BCUT2D eigenvalue weighted by atomic mass is 15.2. The molecule has 59 heavy (non-hydrogen) atoms. The lowest BCUT2D eigenvalue weighted by molar-refractivity contribution is 0.749. The summed E-state index contributed by atoms with van der Waals surface area (Å²) in [4.78, 5) is 11.0. The van der Waals surface area contributed by atoms with E-state index in [1.807, 2.05) is 0 Å². The molecule has 0 spiro atoms. The summed E-state index contributed by atoms with van der Waals surface area (Å²) in [6.45, 7) is 2.29. The summed E-state index contributed by atoms with van der Waals surface area (Å²) >= 11 is 0. The van der Waals surface area contributed by atoms with Gasteiger partial charge in [0.05, 0.1) is 27.7 Å². The Morgan fingerprint density at radius 1 is 0.542 bits per heavy atom. The van der Waals surface area contributed by atoms with E-state index in [1.54, 1.807) is 0 Å². The van der Waals surface area contributed by atoms with Crippen molar-refractivity contribution >= 4 is 49.1 Å². The molecule has 1 unspecified atom stereocenters. The first-order valence-corrected chi connectivity index (χ1v) is 20.6. The zero-order valence-electron chi connectivity index (χ0n) is 32.7. The van der Waals surface area contributed by atoms with Gasteiger partial charge in [0, 0.05) is 21.7 Å². The van der Waals surface area contributed by atoms with Crippen LogP contribution in [0, 0.1) is 5.92 Å². The molecule has 2 heterocycles. The van der Waals surface area contributed by atoms with Gasteiger partial charge in [-0.2, -0.15) is 0 Å². The fourth-order valence-corrected chi connectivity index (χ4v) is 10.2. The van der Waals surface area contributed by atoms with E-state index in [-0.39, 0.29) is 0 Å². The zero-order chi connectivity index (χ0) is 39.1. The molecular weight excluding hydrogens is 715 g/mol. The van der Waals surface area contributed by atoms with E-state index < -0.39 is 5.41 Å². The minimum Gasteiger partial charge on any atom is -0.278 e. The number of nitrogens with zero attached hydrogens (tertiary/aromatic N) is 3. The second-order valence-electron chi connectivity index (χ2n) is 16.2. The maximum absolute atomic E-state index is 5.64. The van der Waals surface area contributed by atoms with Crippen LogP contribution in [0.15, 0.2) is 200 Å². The normalized spacial score (nSPS) is 15.5. The summed E-state index contributed by atoms with van der Waals surface area (Å²) in [6.07, 6.45) is 7.77. The number of allylic oxidation sites excluding steroid dienone is 4. The Kier molecular flexibility index (Phi) is 7.49. The molecule has 8 aromatic carbocycles. The number of para-hydroxylation sites is 1. The van der Waals surface area contributed by atoms with Crippen LogP contribution in [0.1, 0.15) is 41.2 Å². The average Bonchev–Trinajstić information content (AvgIpc) is 3.79. The minimum atomic E-state index is -0.513. The zero-order valence-corrected chi connectivity index (χ0v) is 32.7. The van der Waals surface area contributed by atoms with Gasteiger partial charge < -0.3 is 0 Å². The molecule has 0 aliphatic heterocycles. The summed E-state index contributed by atoms with van der Waals surface area (Å²) in [6, 6.07) is 66.6. The highest BCUT2D eigenvalue weighted by Crippen LogP contribution is 2.56. The molecule has 0 amide bonds. The summed E-state index contributed by atoms with van der Waals surface area (Å²) in [5.74, 6) is 1.16. The molecule has 10 aromatic rings. The molecule has 0 saturated carbocycles. The molecule has 2 aliphatic rings. The van der Waals surface area contributed by atoms with Gasteiger partial charge in [0.25, 0.3) is 0 Å². The average molecular weight is 754 g/mol. The van der Waals surface area contributed by atoms with Crippen LogP contribution in [0.3, 0.4) is 0 Å². The van der Waals surface area contributed by atoms with Crippen molar-refractivity contribution < 1.29 is 0 Å². The predicted octanol–water partition coefficient (Wildman–Crippen LogP) is 13.9. The maximum atomic E-state index is 5.64. The van der Waals surface area contributed by atoms with Gasteiger partial charge >= 0.3 is 0 Å². The largest absolute Gasteiger partial charge is 0.278 e. The van der Waals surface area contributed by atoms with Crippen LogP contribution in [0.2, 0.25) is 0 Å². The first-order valence-electron chi connectivity index (χ1n) is 20.6. The summed E-state index contributed by atoms with van der Waals surface area (Å²) in [7, 11) is 0. The summed E-state index contributed by atoms with van der Waals surface area (Å²) in [5, 5.41) is 5.89. The standard InChI is InChI=1S/C56H39N3/c1-36-15-14-17-38(33-36)39-27-31-47-52(35-39)59(51-32-29-37-16-8-9-22-43(37)53(47)51)55-57-50-26-13-11-24-46(50)54(58-55)40-28-30-45-44-23-10-12-25-48(44)56(49(45)34-40,41-18-4-2-5-19-41)42-20-6-3-7-21-42/h2-32,34-36H,33H2,1H3. The third-order valence-corrected chi connectivity index (χ3v) is 12.8. The molecule has 2 aliphatic carbocycles. The Bertz CT molecular complexity index is 3330. The van der Waals surface area contributed by atoms with Crippen molar-refractivity contribution in [1.82, 2.24) is 14.5 Å². The maximum Gasteiger partial charge on any atom is 0.235 e. The SMILES string of the molecule is CC1C=CC=C(c2ccc3c4c5ccccc5ccc4n(-c4nc(-c5ccc6c(c5)C(c5ccccc5)(c5ccccc5)c5ccccc5-6)c5ccccc5n4)c3c2)C1. The minimum absolute atomic E-state index is 0.495. The number of hydrogen-bond donors (Lipinski definition) is 0. The number of aromatic nitrogens is 3. The van der Waals surface area contributed by atoms with Crippen LogP contribution in [-0.2, 0) is 5.41 Å². The van der Waals surface area contributed by atoms with Crippen LogP contribution in [0.5, 0.6) is 0 Å². The van der Waals surface area contributed by atoms with Crippen molar-refractivity contribution in [2.45, 2.75) is 18.8 Å². The third kappa shape index (κ3) is 5.01. The highest BCUT2D eigenvalue weighted by molar-refractivity contribution is 6.21. The first kappa shape index (κ1) is 33.7. The quantitative estimate of drug-likeness (QED) is 0.175. The Balaban J connectivity index is 1.14. The van der Waals surface area contributed by atoms with Crippen LogP contribution < -0.4 is 0 Å². The van der Waals surface area contributed by atoms with Crippen molar-refractivity contribution in [3.8, 4) is 28.3 Å². The lowest BCUT2D eigenvalue weighted by Gasteiger charge is -2.34. The van der Waals surface area contributed by atoms with E-state index in [2.05, 4.69) is 212 Å². The van der Waals surface area contributed by atoms with Crippen molar-refractivity contribution in [1.29, 1.82) is 0 Å². The lowest BCUT2D eigenvalue weighted by atomic mass is 9.67. The van der Waals surface area contributed by atoms with Crippen molar-refractivity contribution in [3.63, 3.8) is 0 Å². The second-order valence-corrected chi connectivity index (χ2v) is 16.2. The van der Waals surface area contributed by atoms with E-state index in [0.29, 0.717) is 11.9 Å². The van der Waals surface area contributed by atoms with E-state index in [0.717, 1.165) is 39.6 Å². The molecule has 12 rings (SSSR count). The third-order valence-electron chi connectivity index (χ3n) is 12.8. The van der Waals surface area contributed by atoms with E-state index in [9.17, 15) is 0 Å². The van der Waals surface area contributed by atoms with Gasteiger partial charge in [-0.3, -0.25) is 4.57 Å². The van der Waals surface area contributed by atoms with Crippen LogP contribution >= 0.6 is 0 Å². The molecule has 3 nitrogen and oxygen atoms in total. The molecule has 0 bridgehead atoms. The molecule has 0 saturated heterocycles. The molecule has 0 radical (unpaired) electrons. The first-order chi connectivity index (χ1) is 29.2. The van der Waals surface area contributed by atoms with Crippen LogP contribution in [0.25, 0.3) is 77.4 Å². The second kappa shape index (κ2) is 13.1. The van der Waals surface area contributed by atoms with Gasteiger partial charge in [0.15, 0.2) is 0 Å². The fraction of sp³-hybridized carbons (Fsp3) is 0.0714. The van der Waals surface area contributed by atoms with Gasteiger partial charge in [-0.05, 0) is 91.9 Å². The van der Waals surface area contributed by atoms with Crippen LogP contribution in [0.4, 0.5) is 0 Å². The van der Waals surface area contributed by atoms with Gasteiger partial charge in [-0.15, -0.1) is 0 Å². The Morgan fingerprint density at radius 3 is 2.05 bits per heavy atom. The molecule has 3 heteroatoms. The molecule has 0 N–H and O–H groups in total. The van der Waals surface area contributed by atoms with Gasteiger partial charge in [0.2, 0.25) is 5.95 Å². The molecule has 2 aromatic heterocycles. The van der Waals surface area contributed by atoms with Gasteiger partial charge in [-0.1, -0.05) is 183 Å². The lowest BCUT2D eigenvalue weighted by Crippen LogP contribution is -2.28. The van der Waals surface area contributed by atoms with Crippen molar-refractivity contribution in [3.05, 3.63) is 228 Å². The number of hydrogen-bond acceptors (Lipinski definition) is 2. The smallest absolute Gasteiger partial charge is 0.235 e. The molecule has 1 atom stereocenters. The summed E-state index contributed by atoms with van der Waals surface area (Å²) < 4.78 is 2.31. The highest BCUT2D eigenvalue weighted by Gasteiger charge is 2.46. The van der Waals surface area contributed by atoms with E-state index in [4.69, 9.17) is 9.97 Å². The molecular formula is C56H39N3. The Morgan fingerprint density at radius 2 is 1.24 bits per heavy atom. The van der Waals surface area contributed by atoms with E-state index in [1.165, 1.54) is 66.1 Å². The van der Waals surface area contributed by atoms with Crippen molar-refractivity contribution in [2.24, 2.45) is 5.92 Å². The van der Waals surface area contributed by atoms with Crippen LogP contribution in [-0.4, -0.2) is 14.5 Å². The van der Waals surface area contributed by atoms with Gasteiger partial charge in [0.1, 0.15) is 0 Å². The number of benzene rings is 8. The molecule has 0 fully saturated rings. The monoisotopic (exact) mass is 753 g/mol. The summed E-state index contributed by atoms with van der Waals surface area (Å²) in [5.41, 5.74) is 14.7. The molecule has 278 valence electrons. The Labute approximate surface area is 343 Å². The van der Waals surface area contributed by atoms with E-state index >= 15 is 0 Å². The Hall–Kier alpha value is -7.36.